The van der Waals surface area contributed by atoms with Crippen LogP contribution in [-0.2, 0) is 21.4 Å². The molecule has 0 bridgehead atoms. The highest BCUT2D eigenvalue weighted by molar-refractivity contribution is 7.89. The molecule has 0 N–H and O–H groups in total. The number of amides is 2. The van der Waals surface area contributed by atoms with Gasteiger partial charge in [-0.2, -0.15) is 4.31 Å². The first-order valence-electron chi connectivity index (χ1n) is 13.0. The molecule has 0 aliphatic carbocycles. The number of carbonyl (C=O) groups excluding carboxylic acids is 2. The number of hydrogen-bond acceptors (Lipinski definition) is 4. The normalized spacial score (nSPS) is 14.8. The topological polar surface area (TPSA) is 78.0 Å². The van der Waals surface area contributed by atoms with Gasteiger partial charge in [0, 0.05) is 37.8 Å². The highest BCUT2D eigenvalue weighted by Gasteiger charge is 2.33. The van der Waals surface area contributed by atoms with Crippen molar-refractivity contribution in [3.05, 3.63) is 71.5 Å². The molecule has 0 unspecified atom stereocenters. The monoisotopic (exact) mass is 531 g/mol. The van der Waals surface area contributed by atoms with E-state index in [1.54, 1.807) is 15.9 Å². The molecule has 0 radical (unpaired) electrons. The van der Waals surface area contributed by atoms with Gasteiger partial charge in [0.1, 0.15) is 5.82 Å². The minimum Gasteiger partial charge on any atom is -0.338 e. The average molecular weight is 532 g/mol. The molecule has 0 aromatic heterocycles. The van der Waals surface area contributed by atoms with Crippen molar-refractivity contribution in [2.75, 3.05) is 31.9 Å². The van der Waals surface area contributed by atoms with Crippen molar-refractivity contribution >= 4 is 21.8 Å². The first kappa shape index (κ1) is 28.8. The van der Waals surface area contributed by atoms with Crippen LogP contribution < -0.4 is 0 Å². The van der Waals surface area contributed by atoms with Crippen LogP contribution in [-0.4, -0.2) is 72.3 Å². The zero-order chi connectivity index (χ0) is 27.0. The number of halogens is 1. The maximum Gasteiger partial charge on any atom is 0.253 e. The number of piperidine rings is 1. The van der Waals surface area contributed by atoms with Gasteiger partial charge in [-0.05, 0) is 48.9 Å². The fourth-order valence-corrected chi connectivity index (χ4v) is 6.30. The predicted molar refractivity (Wildman–Crippen MR) is 143 cm³/mol. The van der Waals surface area contributed by atoms with Crippen LogP contribution in [0.25, 0.3) is 0 Å². The number of nitrogens with zero attached hydrogens (tertiary/aromatic N) is 3. The summed E-state index contributed by atoms with van der Waals surface area (Å²) in [5.41, 5.74) is 1.27. The first-order chi connectivity index (χ1) is 17.6. The third-order valence-electron chi connectivity index (χ3n) is 6.52. The lowest BCUT2D eigenvalue weighted by Crippen LogP contribution is -2.51. The summed E-state index contributed by atoms with van der Waals surface area (Å²) < 4.78 is 40.8. The summed E-state index contributed by atoms with van der Waals surface area (Å²) in [5.74, 6) is -0.832. The van der Waals surface area contributed by atoms with Crippen LogP contribution in [0.15, 0.2) is 54.6 Å². The Labute approximate surface area is 220 Å². The molecule has 1 saturated heterocycles. The lowest BCUT2D eigenvalue weighted by atomic mass is 10.0. The molecule has 9 heteroatoms. The van der Waals surface area contributed by atoms with E-state index in [9.17, 15) is 22.4 Å². The zero-order valence-corrected chi connectivity index (χ0v) is 22.8. The third-order valence-corrected chi connectivity index (χ3v) is 8.51. The predicted octanol–water partition coefficient (Wildman–Crippen LogP) is 4.16. The van der Waals surface area contributed by atoms with Gasteiger partial charge in [-0.3, -0.25) is 9.59 Å². The minimum absolute atomic E-state index is 0.00622. The number of benzene rings is 2. The van der Waals surface area contributed by atoms with E-state index in [0.29, 0.717) is 44.5 Å². The van der Waals surface area contributed by atoms with Crippen molar-refractivity contribution in [2.45, 2.75) is 52.6 Å². The van der Waals surface area contributed by atoms with Gasteiger partial charge in [-0.1, -0.05) is 57.2 Å². The van der Waals surface area contributed by atoms with E-state index < -0.39 is 15.8 Å². The second-order valence-corrected chi connectivity index (χ2v) is 12.1. The molecule has 2 aromatic carbocycles. The van der Waals surface area contributed by atoms with Gasteiger partial charge >= 0.3 is 0 Å². The Morgan fingerprint density at radius 1 is 1.05 bits per heavy atom. The fourth-order valence-electron chi connectivity index (χ4n) is 4.70. The summed E-state index contributed by atoms with van der Waals surface area (Å²) in [6.45, 7) is 7.01. The van der Waals surface area contributed by atoms with Crippen molar-refractivity contribution in [3.63, 3.8) is 0 Å². The lowest BCUT2D eigenvalue weighted by Gasteiger charge is -2.39. The molecule has 2 amide bonds. The average Bonchev–Trinajstić information content (AvgIpc) is 2.87. The Bertz CT molecular complexity index is 1150. The highest BCUT2D eigenvalue weighted by atomic mass is 32.2. The smallest absolute Gasteiger partial charge is 0.253 e. The molecule has 202 valence electrons. The standard InChI is InChI=1S/C28H38FN3O4S/c1-4-17-37(35,36)31(19-22(2)3)21-27(33)32(20-23-9-6-5-7-10-23)26-13-15-30(16-14-26)28(34)24-11-8-12-25(29)18-24/h5-12,18,22,26H,4,13-17,19-21H2,1-3H3. The van der Waals surface area contributed by atoms with Crippen molar-refractivity contribution in [3.8, 4) is 0 Å². The minimum atomic E-state index is -3.55. The van der Waals surface area contributed by atoms with Crippen molar-refractivity contribution in [1.82, 2.24) is 14.1 Å². The maximum atomic E-state index is 13.7. The van der Waals surface area contributed by atoms with Crippen LogP contribution in [0, 0.1) is 11.7 Å². The van der Waals surface area contributed by atoms with Crippen molar-refractivity contribution in [2.24, 2.45) is 5.92 Å². The largest absolute Gasteiger partial charge is 0.338 e. The molecular formula is C28H38FN3O4S. The van der Waals surface area contributed by atoms with E-state index in [0.717, 1.165) is 5.56 Å². The molecule has 1 heterocycles. The number of hydrogen-bond donors (Lipinski definition) is 0. The first-order valence-corrected chi connectivity index (χ1v) is 14.6. The number of likely N-dealkylation sites (tertiary alicyclic amines) is 1. The van der Waals surface area contributed by atoms with E-state index in [2.05, 4.69) is 0 Å². The molecule has 0 saturated carbocycles. The Hall–Kier alpha value is -2.78. The van der Waals surface area contributed by atoms with Gasteiger partial charge in [0.2, 0.25) is 15.9 Å². The number of rotatable bonds is 11. The molecule has 1 aliphatic heterocycles. The van der Waals surface area contributed by atoms with Crippen LogP contribution >= 0.6 is 0 Å². The second kappa shape index (κ2) is 13.1. The quantitative estimate of drug-likeness (QED) is 0.436. The van der Waals surface area contributed by atoms with Gasteiger partial charge < -0.3 is 9.80 Å². The molecule has 7 nitrogen and oxygen atoms in total. The molecular weight excluding hydrogens is 493 g/mol. The van der Waals surface area contributed by atoms with E-state index >= 15 is 0 Å². The zero-order valence-electron chi connectivity index (χ0n) is 22.0. The summed E-state index contributed by atoms with van der Waals surface area (Å²) in [5, 5.41) is 0. The fraction of sp³-hybridized carbons (Fsp3) is 0.500. The van der Waals surface area contributed by atoms with Gasteiger partial charge in [-0.25, -0.2) is 12.8 Å². The van der Waals surface area contributed by atoms with E-state index in [1.807, 2.05) is 51.1 Å². The van der Waals surface area contributed by atoms with Gasteiger partial charge in [0.25, 0.3) is 5.91 Å². The van der Waals surface area contributed by atoms with Crippen molar-refractivity contribution in [1.29, 1.82) is 0 Å². The third kappa shape index (κ3) is 8.10. The van der Waals surface area contributed by atoms with Crippen LogP contribution in [0.5, 0.6) is 0 Å². The van der Waals surface area contributed by atoms with Crippen LogP contribution in [0.2, 0.25) is 0 Å². The molecule has 2 aromatic rings. The molecule has 0 atom stereocenters. The molecule has 3 rings (SSSR count). The van der Waals surface area contributed by atoms with E-state index in [-0.39, 0.29) is 42.6 Å². The summed E-state index contributed by atoms with van der Waals surface area (Å²) in [6.07, 6.45) is 1.60. The summed E-state index contributed by atoms with van der Waals surface area (Å²) in [4.78, 5) is 30.0. The lowest BCUT2D eigenvalue weighted by molar-refractivity contribution is -0.135. The van der Waals surface area contributed by atoms with E-state index in [4.69, 9.17) is 0 Å². The highest BCUT2D eigenvalue weighted by Crippen LogP contribution is 2.22. The van der Waals surface area contributed by atoms with Gasteiger partial charge in [-0.15, -0.1) is 0 Å². The summed E-state index contributed by atoms with van der Waals surface area (Å²) in [6, 6.07) is 15.1. The van der Waals surface area contributed by atoms with E-state index in [1.165, 1.54) is 22.5 Å². The second-order valence-electron chi connectivity index (χ2n) is 10.0. The Morgan fingerprint density at radius 2 is 1.73 bits per heavy atom. The maximum absolute atomic E-state index is 13.7. The molecule has 1 fully saturated rings. The Kier molecular flexibility index (Phi) is 10.2. The van der Waals surface area contributed by atoms with Crippen LogP contribution in [0.4, 0.5) is 4.39 Å². The van der Waals surface area contributed by atoms with Crippen LogP contribution in [0.1, 0.15) is 56.0 Å². The van der Waals surface area contributed by atoms with Crippen molar-refractivity contribution < 1.29 is 22.4 Å². The van der Waals surface area contributed by atoms with Gasteiger partial charge in [0.15, 0.2) is 0 Å². The van der Waals surface area contributed by atoms with Crippen LogP contribution in [0.3, 0.4) is 0 Å². The molecule has 1 aliphatic rings. The Balaban J connectivity index is 1.77. The SMILES string of the molecule is CCCS(=O)(=O)N(CC(=O)N(Cc1ccccc1)C1CCN(C(=O)c2cccc(F)c2)CC1)CC(C)C. The number of sulfonamides is 1. The molecule has 0 spiro atoms. The summed E-state index contributed by atoms with van der Waals surface area (Å²) in [7, 11) is -3.55. The van der Waals surface area contributed by atoms with Gasteiger partial charge in [0.05, 0.1) is 12.3 Å². The Morgan fingerprint density at radius 3 is 2.32 bits per heavy atom. The molecule has 37 heavy (non-hydrogen) atoms. The summed E-state index contributed by atoms with van der Waals surface area (Å²) >= 11 is 0. The number of carbonyl (C=O) groups is 2.